The number of hydrogen-bond donors (Lipinski definition) is 1. The van der Waals surface area contributed by atoms with Gasteiger partial charge in [-0.15, -0.1) is 11.3 Å². The van der Waals surface area contributed by atoms with Gasteiger partial charge in [0.15, 0.2) is 5.16 Å². The van der Waals surface area contributed by atoms with E-state index in [1.54, 1.807) is 23.0 Å². The Morgan fingerprint density at radius 1 is 1.31 bits per heavy atom. The van der Waals surface area contributed by atoms with Crippen LogP contribution in [0.15, 0.2) is 9.95 Å². The number of ether oxygens (including phenoxy) is 1. The second-order valence-electron chi connectivity index (χ2n) is 8.11. The van der Waals surface area contributed by atoms with E-state index in [0.29, 0.717) is 24.2 Å². The first-order valence-electron chi connectivity index (χ1n) is 10.5. The van der Waals surface area contributed by atoms with Gasteiger partial charge in [-0.1, -0.05) is 31.5 Å². The molecular weight excluding hydrogens is 406 g/mol. The predicted molar refractivity (Wildman–Crippen MR) is 118 cm³/mol. The van der Waals surface area contributed by atoms with Crippen molar-refractivity contribution in [1.29, 1.82) is 0 Å². The standard InChI is InChI=1S/C21H29N3O3S2/c1-13-6-3-4-8-15(13)22-17(25)12-28-21-23-19-18(14-7-5-9-16(14)29-19)20(26)24(21)10-11-27-2/h13,15H,3-12H2,1-2H3,(H,22,25). The van der Waals surface area contributed by atoms with Crippen molar-refractivity contribution in [3.05, 3.63) is 20.8 Å². The molecule has 2 aliphatic rings. The van der Waals surface area contributed by atoms with Crippen molar-refractivity contribution in [3.8, 4) is 0 Å². The Hall–Kier alpha value is -1.38. The van der Waals surface area contributed by atoms with Crippen LogP contribution in [0.25, 0.3) is 10.2 Å². The van der Waals surface area contributed by atoms with Crippen LogP contribution >= 0.6 is 23.1 Å². The van der Waals surface area contributed by atoms with E-state index in [0.717, 1.165) is 35.9 Å². The van der Waals surface area contributed by atoms with E-state index in [4.69, 9.17) is 9.72 Å². The third-order valence-corrected chi connectivity index (χ3v) is 8.26. The number of rotatable bonds is 7. The van der Waals surface area contributed by atoms with Gasteiger partial charge in [0.1, 0.15) is 4.83 Å². The normalized spacial score (nSPS) is 21.4. The molecule has 2 heterocycles. The topological polar surface area (TPSA) is 73.2 Å². The van der Waals surface area contributed by atoms with Gasteiger partial charge in [-0.3, -0.25) is 14.2 Å². The fourth-order valence-electron chi connectivity index (χ4n) is 4.46. The van der Waals surface area contributed by atoms with Crippen molar-refractivity contribution >= 4 is 39.2 Å². The average Bonchev–Trinajstić information content (AvgIpc) is 3.28. The molecule has 1 amide bonds. The fraction of sp³-hybridized carbons (Fsp3) is 0.667. The van der Waals surface area contributed by atoms with Crippen LogP contribution in [-0.2, 0) is 28.9 Å². The monoisotopic (exact) mass is 435 g/mol. The molecule has 0 aromatic carbocycles. The molecule has 4 rings (SSSR count). The molecular formula is C21H29N3O3S2. The number of methoxy groups -OCH3 is 1. The van der Waals surface area contributed by atoms with Crippen LogP contribution < -0.4 is 10.9 Å². The van der Waals surface area contributed by atoms with E-state index < -0.39 is 0 Å². The molecule has 29 heavy (non-hydrogen) atoms. The molecule has 6 nitrogen and oxygen atoms in total. The zero-order valence-electron chi connectivity index (χ0n) is 17.2. The van der Waals surface area contributed by atoms with Crippen molar-refractivity contribution in [2.75, 3.05) is 19.5 Å². The van der Waals surface area contributed by atoms with E-state index >= 15 is 0 Å². The van der Waals surface area contributed by atoms with E-state index in [1.807, 2.05) is 0 Å². The fourth-order valence-corrected chi connectivity index (χ4v) is 6.60. The minimum absolute atomic E-state index is 0.00950. The lowest BCUT2D eigenvalue weighted by Crippen LogP contribution is -2.42. The number of carbonyl (C=O) groups excluding carboxylic acids is 1. The molecule has 0 aliphatic heterocycles. The van der Waals surface area contributed by atoms with Gasteiger partial charge < -0.3 is 10.1 Å². The first-order chi connectivity index (χ1) is 14.1. The number of amides is 1. The summed E-state index contributed by atoms with van der Waals surface area (Å²) in [6.07, 6.45) is 7.79. The highest BCUT2D eigenvalue weighted by Gasteiger charge is 2.25. The molecule has 1 saturated carbocycles. The van der Waals surface area contributed by atoms with Crippen molar-refractivity contribution in [2.24, 2.45) is 5.92 Å². The van der Waals surface area contributed by atoms with Crippen LogP contribution in [0, 0.1) is 5.92 Å². The van der Waals surface area contributed by atoms with Crippen molar-refractivity contribution < 1.29 is 9.53 Å². The Balaban J connectivity index is 1.54. The molecule has 0 spiro atoms. The lowest BCUT2D eigenvalue weighted by Gasteiger charge is -2.29. The Morgan fingerprint density at radius 3 is 2.93 bits per heavy atom. The average molecular weight is 436 g/mol. The lowest BCUT2D eigenvalue weighted by molar-refractivity contribution is -0.119. The van der Waals surface area contributed by atoms with E-state index in [9.17, 15) is 9.59 Å². The molecule has 2 aromatic heterocycles. The second-order valence-corrected chi connectivity index (χ2v) is 10.1. The number of fused-ring (bicyclic) bond motifs is 3. The van der Waals surface area contributed by atoms with Gasteiger partial charge in [0.2, 0.25) is 5.91 Å². The largest absolute Gasteiger partial charge is 0.383 e. The number of thiophene rings is 1. The summed E-state index contributed by atoms with van der Waals surface area (Å²) in [6.45, 7) is 3.11. The van der Waals surface area contributed by atoms with Gasteiger partial charge in [0.25, 0.3) is 5.56 Å². The quantitative estimate of drug-likeness (QED) is 0.533. The van der Waals surface area contributed by atoms with Crippen molar-refractivity contribution in [2.45, 2.75) is 69.6 Å². The van der Waals surface area contributed by atoms with Crippen LogP contribution in [0.1, 0.15) is 49.5 Å². The lowest BCUT2D eigenvalue weighted by atomic mass is 9.86. The van der Waals surface area contributed by atoms with E-state index in [2.05, 4.69) is 12.2 Å². The molecule has 0 bridgehead atoms. The highest BCUT2D eigenvalue weighted by molar-refractivity contribution is 7.99. The molecule has 0 radical (unpaired) electrons. The van der Waals surface area contributed by atoms with Crippen molar-refractivity contribution in [1.82, 2.24) is 14.9 Å². The molecule has 2 aliphatic carbocycles. The first-order valence-corrected chi connectivity index (χ1v) is 12.3. The maximum absolute atomic E-state index is 13.2. The second kappa shape index (κ2) is 9.18. The molecule has 2 aromatic rings. The molecule has 2 unspecified atom stereocenters. The highest BCUT2D eigenvalue weighted by Crippen LogP contribution is 2.35. The summed E-state index contributed by atoms with van der Waals surface area (Å²) in [5, 5.41) is 4.59. The maximum atomic E-state index is 13.2. The number of aryl methyl sites for hydroxylation is 2. The van der Waals surface area contributed by atoms with E-state index in [1.165, 1.54) is 41.5 Å². The summed E-state index contributed by atoms with van der Waals surface area (Å²) < 4.78 is 6.90. The number of carbonyl (C=O) groups is 1. The zero-order valence-corrected chi connectivity index (χ0v) is 18.8. The van der Waals surface area contributed by atoms with Crippen LogP contribution in [0.5, 0.6) is 0 Å². The molecule has 8 heteroatoms. The summed E-state index contributed by atoms with van der Waals surface area (Å²) in [6, 6.07) is 0.267. The van der Waals surface area contributed by atoms with Crippen LogP contribution in [-0.4, -0.2) is 41.0 Å². The maximum Gasteiger partial charge on any atom is 0.263 e. The Kier molecular flexibility index (Phi) is 6.61. The SMILES string of the molecule is COCCn1c(SCC(=O)NC2CCCCC2C)nc2sc3c(c2c1=O)CCC3. The summed E-state index contributed by atoms with van der Waals surface area (Å²) in [7, 11) is 1.63. The minimum atomic E-state index is 0.00950. The smallest absolute Gasteiger partial charge is 0.263 e. The number of hydrogen-bond acceptors (Lipinski definition) is 6. The van der Waals surface area contributed by atoms with Crippen LogP contribution in [0.3, 0.4) is 0 Å². The molecule has 2 atom stereocenters. The Bertz CT molecular complexity index is 953. The van der Waals surface area contributed by atoms with Gasteiger partial charge >= 0.3 is 0 Å². The predicted octanol–water partition coefficient (Wildman–Crippen LogP) is 3.38. The summed E-state index contributed by atoms with van der Waals surface area (Å²) in [4.78, 5) is 32.7. The van der Waals surface area contributed by atoms with Gasteiger partial charge in [0, 0.05) is 18.0 Å². The van der Waals surface area contributed by atoms with Crippen LogP contribution in [0.4, 0.5) is 0 Å². The summed E-state index contributed by atoms with van der Waals surface area (Å²) in [5.41, 5.74) is 1.20. The van der Waals surface area contributed by atoms with E-state index in [-0.39, 0.29) is 23.3 Å². The third kappa shape index (κ3) is 4.39. The number of nitrogens with one attached hydrogen (secondary N) is 1. The van der Waals surface area contributed by atoms with Gasteiger partial charge in [-0.2, -0.15) is 0 Å². The molecule has 158 valence electrons. The van der Waals surface area contributed by atoms with Crippen molar-refractivity contribution in [3.63, 3.8) is 0 Å². The number of thioether (sulfide) groups is 1. The number of aromatic nitrogens is 2. The van der Waals surface area contributed by atoms with Crippen LogP contribution in [0.2, 0.25) is 0 Å². The Morgan fingerprint density at radius 2 is 2.14 bits per heavy atom. The zero-order chi connectivity index (χ0) is 20.4. The summed E-state index contributed by atoms with van der Waals surface area (Å²) in [5.74, 6) is 0.829. The molecule has 1 fully saturated rings. The summed E-state index contributed by atoms with van der Waals surface area (Å²) >= 11 is 3.00. The van der Waals surface area contributed by atoms with Gasteiger partial charge in [-0.25, -0.2) is 4.98 Å². The minimum Gasteiger partial charge on any atom is -0.383 e. The molecule has 1 N–H and O–H groups in total. The Labute approximate surface area is 179 Å². The van der Waals surface area contributed by atoms with Gasteiger partial charge in [-0.05, 0) is 43.6 Å². The number of nitrogens with zero attached hydrogens (tertiary/aromatic N) is 2. The molecule has 0 saturated heterocycles. The third-order valence-electron chi connectivity index (χ3n) is 6.10. The highest BCUT2D eigenvalue weighted by atomic mass is 32.2. The van der Waals surface area contributed by atoms with Gasteiger partial charge in [0.05, 0.1) is 24.3 Å². The first kappa shape index (κ1) is 20.9.